The SMILES string of the molecule is CCn1cc(CNC(=O)c2cc(-c3ccc(OC)cc3)n[nH]2)c(C)n1. The lowest BCUT2D eigenvalue weighted by Crippen LogP contribution is -2.23. The van der Waals surface area contributed by atoms with E-state index in [1.807, 2.05) is 49.0 Å². The molecule has 1 amide bonds. The number of hydrogen-bond donors (Lipinski definition) is 2. The summed E-state index contributed by atoms with van der Waals surface area (Å²) in [6.07, 6.45) is 1.95. The zero-order valence-electron chi connectivity index (χ0n) is 14.5. The van der Waals surface area contributed by atoms with Crippen LogP contribution in [0.5, 0.6) is 5.75 Å². The summed E-state index contributed by atoms with van der Waals surface area (Å²) in [5, 5.41) is 14.3. The molecule has 0 fully saturated rings. The van der Waals surface area contributed by atoms with Crippen LogP contribution in [0, 0.1) is 6.92 Å². The first-order valence-electron chi connectivity index (χ1n) is 8.11. The Hall–Kier alpha value is -3.09. The molecule has 0 aliphatic rings. The van der Waals surface area contributed by atoms with Gasteiger partial charge in [0, 0.05) is 30.4 Å². The highest BCUT2D eigenvalue weighted by molar-refractivity contribution is 5.93. The van der Waals surface area contributed by atoms with Gasteiger partial charge in [0.25, 0.3) is 5.91 Å². The maximum Gasteiger partial charge on any atom is 0.269 e. The summed E-state index contributed by atoms with van der Waals surface area (Å²) >= 11 is 0. The van der Waals surface area contributed by atoms with Gasteiger partial charge in [-0.15, -0.1) is 0 Å². The van der Waals surface area contributed by atoms with E-state index in [4.69, 9.17) is 4.74 Å². The molecule has 2 aromatic heterocycles. The number of benzene rings is 1. The molecule has 0 atom stereocenters. The second-order valence-electron chi connectivity index (χ2n) is 5.67. The molecule has 25 heavy (non-hydrogen) atoms. The van der Waals surface area contributed by atoms with Crippen LogP contribution < -0.4 is 10.1 Å². The second-order valence-corrected chi connectivity index (χ2v) is 5.67. The molecule has 0 bridgehead atoms. The maximum atomic E-state index is 12.3. The Bertz CT molecular complexity index is 864. The van der Waals surface area contributed by atoms with Crippen LogP contribution in [-0.2, 0) is 13.1 Å². The predicted molar refractivity (Wildman–Crippen MR) is 94.4 cm³/mol. The highest BCUT2D eigenvalue weighted by Crippen LogP contribution is 2.21. The highest BCUT2D eigenvalue weighted by atomic mass is 16.5. The van der Waals surface area contributed by atoms with Crippen LogP contribution in [0.3, 0.4) is 0 Å². The van der Waals surface area contributed by atoms with Gasteiger partial charge in [-0.1, -0.05) is 0 Å². The number of ether oxygens (including phenoxy) is 1. The first-order valence-corrected chi connectivity index (χ1v) is 8.11. The number of aryl methyl sites for hydroxylation is 2. The van der Waals surface area contributed by atoms with E-state index in [2.05, 4.69) is 20.6 Å². The topological polar surface area (TPSA) is 84.8 Å². The summed E-state index contributed by atoms with van der Waals surface area (Å²) < 4.78 is 7.00. The third-order valence-electron chi connectivity index (χ3n) is 4.02. The highest BCUT2D eigenvalue weighted by Gasteiger charge is 2.12. The van der Waals surface area contributed by atoms with Gasteiger partial charge in [0.15, 0.2) is 0 Å². The number of aromatic amines is 1. The van der Waals surface area contributed by atoms with E-state index < -0.39 is 0 Å². The number of nitrogens with one attached hydrogen (secondary N) is 2. The molecular weight excluding hydrogens is 318 g/mol. The molecule has 0 spiro atoms. The van der Waals surface area contributed by atoms with Crippen LogP contribution in [0.15, 0.2) is 36.5 Å². The summed E-state index contributed by atoms with van der Waals surface area (Å²) in [6.45, 7) is 5.20. The van der Waals surface area contributed by atoms with E-state index in [1.54, 1.807) is 13.2 Å². The van der Waals surface area contributed by atoms with Gasteiger partial charge < -0.3 is 10.1 Å². The van der Waals surface area contributed by atoms with Gasteiger partial charge in [-0.3, -0.25) is 14.6 Å². The third-order valence-corrected chi connectivity index (χ3v) is 4.02. The van der Waals surface area contributed by atoms with Gasteiger partial charge in [0.05, 0.1) is 18.5 Å². The average molecular weight is 339 g/mol. The maximum absolute atomic E-state index is 12.3. The van der Waals surface area contributed by atoms with Crippen molar-refractivity contribution in [2.75, 3.05) is 7.11 Å². The molecule has 0 saturated heterocycles. The van der Waals surface area contributed by atoms with Crippen LogP contribution in [-0.4, -0.2) is 33.0 Å². The number of hydrogen-bond acceptors (Lipinski definition) is 4. The van der Waals surface area contributed by atoms with E-state index in [1.165, 1.54) is 0 Å². The van der Waals surface area contributed by atoms with Crippen molar-refractivity contribution in [3.8, 4) is 17.0 Å². The van der Waals surface area contributed by atoms with Gasteiger partial charge >= 0.3 is 0 Å². The zero-order chi connectivity index (χ0) is 17.8. The molecule has 3 aromatic rings. The third kappa shape index (κ3) is 3.71. The largest absolute Gasteiger partial charge is 0.497 e. The van der Waals surface area contributed by atoms with Crippen molar-refractivity contribution in [1.29, 1.82) is 0 Å². The Morgan fingerprint density at radius 3 is 2.72 bits per heavy atom. The molecule has 0 saturated carbocycles. The number of methoxy groups -OCH3 is 1. The number of H-pyrrole nitrogens is 1. The fourth-order valence-corrected chi connectivity index (χ4v) is 2.51. The van der Waals surface area contributed by atoms with Crippen molar-refractivity contribution in [3.05, 3.63) is 53.5 Å². The number of nitrogens with zero attached hydrogens (tertiary/aromatic N) is 3. The molecule has 2 heterocycles. The minimum atomic E-state index is -0.198. The van der Waals surface area contributed by atoms with Crippen molar-refractivity contribution >= 4 is 5.91 Å². The lowest BCUT2D eigenvalue weighted by molar-refractivity contribution is 0.0946. The molecule has 0 aliphatic heterocycles. The minimum absolute atomic E-state index is 0.198. The molecule has 130 valence electrons. The van der Waals surface area contributed by atoms with Crippen LogP contribution in [0.25, 0.3) is 11.3 Å². The van der Waals surface area contributed by atoms with Crippen LogP contribution in [0.2, 0.25) is 0 Å². The van der Waals surface area contributed by atoms with Crippen molar-refractivity contribution < 1.29 is 9.53 Å². The smallest absolute Gasteiger partial charge is 0.269 e. The first-order chi connectivity index (χ1) is 12.1. The molecule has 0 aliphatic carbocycles. The van der Waals surface area contributed by atoms with E-state index in [-0.39, 0.29) is 5.91 Å². The zero-order valence-corrected chi connectivity index (χ0v) is 14.5. The van der Waals surface area contributed by atoms with Gasteiger partial charge in [0.2, 0.25) is 0 Å². The molecule has 2 N–H and O–H groups in total. The molecule has 1 aromatic carbocycles. The number of carbonyl (C=O) groups excluding carboxylic acids is 1. The molecule has 0 unspecified atom stereocenters. The number of carbonyl (C=O) groups is 1. The molecular formula is C18H21N5O2. The van der Waals surface area contributed by atoms with Gasteiger partial charge in [-0.25, -0.2) is 0 Å². The monoisotopic (exact) mass is 339 g/mol. The molecule has 7 heteroatoms. The van der Waals surface area contributed by atoms with E-state index in [9.17, 15) is 4.79 Å². The quantitative estimate of drug-likeness (QED) is 0.723. The minimum Gasteiger partial charge on any atom is -0.497 e. The molecule has 3 rings (SSSR count). The van der Waals surface area contributed by atoms with Crippen molar-refractivity contribution in [2.45, 2.75) is 26.9 Å². The standard InChI is InChI=1S/C18H21N5O2/c1-4-23-11-14(12(2)22-23)10-19-18(24)17-9-16(20-21-17)13-5-7-15(25-3)8-6-13/h5-9,11H,4,10H2,1-3H3,(H,19,24)(H,20,21). The average Bonchev–Trinajstić information content (AvgIpc) is 3.26. The Morgan fingerprint density at radius 2 is 2.08 bits per heavy atom. The fourth-order valence-electron chi connectivity index (χ4n) is 2.51. The molecule has 7 nitrogen and oxygen atoms in total. The Kier molecular flexibility index (Phi) is 4.83. The summed E-state index contributed by atoms with van der Waals surface area (Å²) in [5.74, 6) is 0.580. The van der Waals surface area contributed by atoms with Crippen LogP contribution in [0.1, 0.15) is 28.7 Å². The number of aromatic nitrogens is 4. The molecule has 0 radical (unpaired) electrons. The predicted octanol–water partition coefficient (Wildman–Crippen LogP) is 2.54. The normalized spacial score (nSPS) is 10.7. The van der Waals surface area contributed by atoms with Gasteiger partial charge in [-0.2, -0.15) is 10.2 Å². The van der Waals surface area contributed by atoms with E-state index >= 15 is 0 Å². The van der Waals surface area contributed by atoms with E-state index in [0.29, 0.717) is 17.9 Å². The lowest BCUT2D eigenvalue weighted by atomic mass is 10.1. The second kappa shape index (κ2) is 7.21. The van der Waals surface area contributed by atoms with Crippen LogP contribution >= 0.6 is 0 Å². The Balaban J connectivity index is 1.66. The van der Waals surface area contributed by atoms with Crippen LogP contribution in [0.4, 0.5) is 0 Å². The summed E-state index contributed by atoms with van der Waals surface area (Å²) in [4.78, 5) is 12.3. The number of amides is 1. The van der Waals surface area contributed by atoms with Crippen molar-refractivity contribution in [2.24, 2.45) is 0 Å². The van der Waals surface area contributed by atoms with Crippen molar-refractivity contribution in [3.63, 3.8) is 0 Å². The summed E-state index contributed by atoms with van der Waals surface area (Å²) in [5.41, 5.74) is 3.97. The summed E-state index contributed by atoms with van der Waals surface area (Å²) in [6, 6.07) is 9.26. The number of rotatable bonds is 6. The lowest BCUT2D eigenvalue weighted by Gasteiger charge is -2.02. The van der Waals surface area contributed by atoms with Gasteiger partial charge in [0.1, 0.15) is 11.4 Å². The summed E-state index contributed by atoms with van der Waals surface area (Å²) in [7, 11) is 1.62. The van der Waals surface area contributed by atoms with Crippen molar-refractivity contribution in [1.82, 2.24) is 25.3 Å². The Labute approximate surface area is 146 Å². The Morgan fingerprint density at radius 1 is 1.32 bits per heavy atom. The van der Waals surface area contributed by atoms with E-state index in [0.717, 1.165) is 29.1 Å². The van der Waals surface area contributed by atoms with Gasteiger partial charge in [-0.05, 0) is 44.2 Å². The fraction of sp³-hybridized carbons (Fsp3) is 0.278. The first kappa shape index (κ1) is 16.8.